The van der Waals surface area contributed by atoms with Gasteiger partial charge in [-0.2, -0.15) is 0 Å². The average Bonchev–Trinajstić information content (AvgIpc) is 2.69. The fourth-order valence-corrected chi connectivity index (χ4v) is 3.24. The van der Waals surface area contributed by atoms with E-state index < -0.39 is 6.04 Å². The molecule has 0 bridgehead atoms. The van der Waals surface area contributed by atoms with Gasteiger partial charge >= 0.3 is 0 Å². The van der Waals surface area contributed by atoms with Crippen LogP contribution in [0.25, 0.3) is 0 Å². The van der Waals surface area contributed by atoms with Gasteiger partial charge in [-0.15, -0.1) is 0 Å². The second-order valence-corrected chi connectivity index (χ2v) is 8.20. The molecular formula is C24H31ClN2O3. The number of nitrogens with one attached hydrogen (secondary N) is 1. The molecule has 0 spiro atoms. The Labute approximate surface area is 184 Å². The molecule has 0 aliphatic rings. The molecule has 0 aromatic heterocycles. The van der Waals surface area contributed by atoms with Crippen LogP contribution in [0, 0.1) is 13.8 Å². The lowest BCUT2D eigenvalue weighted by atomic mass is 10.1. The van der Waals surface area contributed by atoms with Gasteiger partial charge in [0.1, 0.15) is 11.8 Å². The van der Waals surface area contributed by atoms with Gasteiger partial charge in [0, 0.05) is 17.6 Å². The summed E-state index contributed by atoms with van der Waals surface area (Å²) in [5.74, 6) is 0.171. The summed E-state index contributed by atoms with van der Waals surface area (Å²) in [5.41, 5.74) is 2.98. The third kappa shape index (κ3) is 6.77. The van der Waals surface area contributed by atoms with E-state index in [-0.39, 0.29) is 24.5 Å². The van der Waals surface area contributed by atoms with Crippen molar-refractivity contribution >= 4 is 23.4 Å². The van der Waals surface area contributed by atoms with Crippen molar-refractivity contribution in [2.75, 3.05) is 6.61 Å². The summed E-state index contributed by atoms with van der Waals surface area (Å²) in [4.78, 5) is 27.5. The maximum absolute atomic E-state index is 13.1. The van der Waals surface area contributed by atoms with Crippen LogP contribution in [0.4, 0.5) is 0 Å². The van der Waals surface area contributed by atoms with E-state index in [2.05, 4.69) is 5.32 Å². The third-order valence-corrected chi connectivity index (χ3v) is 5.21. The summed E-state index contributed by atoms with van der Waals surface area (Å²) in [7, 11) is 0. The summed E-state index contributed by atoms with van der Waals surface area (Å²) >= 11 is 6.06. The Morgan fingerprint density at radius 3 is 2.33 bits per heavy atom. The Hall–Kier alpha value is -2.53. The lowest BCUT2D eigenvalue weighted by molar-refractivity contribution is -0.143. The molecule has 0 aliphatic carbocycles. The van der Waals surface area contributed by atoms with Gasteiger partial charge in [0.2, 0.25) is 5.91 Å². The second kappa shape index (κ2) is 11.0. The summed E-state index contributed by atoms with van der Waals surface area (Å²) in [5, 5.41) is 3.57. The minimum absolute atomic E-state index is 0.00355. The van der Waals surface area contributed by atoms with Gasteiger partial charge in [0.05, 0.1) is 0 Å². The first-order valence-electron chi connectivity index (χ1n) is 10.3. The van der Waals surface area contributed by atoms with E-state index in [1.807, 2.05) is 58.9 Å². The van der Waals surface area contributed by atoms with Crippen molar-refractivity contribution in [3.8, 4) is 5.75 Å². The van der Waals surface area contributed by atoms with E-state index in [4.69, 9.17) is 16.3 Å². The topological polar surface area (TPSA) is 58.6 Å². The fraction of sp³-hybridized carbons (Fsp3) is 0.417. The van der Waals surface area contributed by atoms with Gasteiger partial charge < -0.3 is 15.0 Å². The zero-order valence-corrected chi connectivity index (χ0v) is 19.1. The molecule has 0 radical (unpaired) electrons. The van der Waals surface area contributed by atoms with Crippen LogP contribution < -0.4 is 10.1 Å². The maximum Gasteiger partial charge on any atom is 0.261 e. The van der Waals surface area contributed by atoms with E-state index in [1.165, 1.54) is 0 Å². The molecular weight excluding hydrogens is 400 g/mol. The number of hydrogen-bond donors (Lipinski definition) is 1. The molecule has 0 saturated carbocycles. The van der Waals surface area contributed by atoms with Gasteiger partial charge in [-0.3, -0.25) is 9.59 Å². The standard InChI is InChI=1S/C24H31ClN2O3/c1-6-22(24(29)26-16(2)3)27(14-19-9-7-17(4)8-10-19)23(28)15-30-20-11-12-21(25)18(5)13-20/h7-13,16,22H,6,14-15H2,1-5H3,(H,26,29)/t22-/m0/s1. The van der Waals surface area contributed by atoms with Crippen molar-refractivity contribution in [1.29, 1.82) is 0 Å². The highest BCUT2D eigenvalue weighted by atomic mass is 35.5. The number of carbonyl (C=O) groups is 2. The van der Waals surface area contributed by atoms with Crippen LogP contribution in [-0.4, -0.2) is 35.4 Å². The van der Waals surface area contributed by atoms with Crippen molar-refractivity contribution in [2.45, 2.75) is 59.7 Å². The molecule has 30 heavy (non-hydrogen) atoms. The van der Waals surface area contributed by atoms with Crippen molar-refractivity contribution < 1.29 is 14.3 Å². The first-order chi connectivity index (χ1) is 14.2. The summed E-state index contributed by atoms with van der Waals surface area (Å²) in [6.45, 7) is 9.79. The zero-order chi connectivity index (χ0) is 22.3. The molecule has 2 amide bonds. The molecule has 0 unspecified atom stereocenters. The predicted molar refractivity (Wildman–Crippen MR) is 121 cm³/mol. The predicted octanol–water partition coefficient (Wildman–Crippen LogP) is 4.67. The minimum Gasteiger partial charge on any atom is -0.484 e. The Kier molecular flexibility index (Phi) is 8.72. The van der Waals surface area contributed by atoms with Crippen LogP contribution in [0.2, 0.25) is 5.02 Å². The normalized spacial score (nSPS) is 11.8. The Balaban J connectivity index is 2.21. The smallest absolute Gasteiger partial charge is 0.261 e. The van der Waals surface area contributed by atoms with Gasteiger partial charge in [-0.25, -0.2) is 0 Å². The summed E-state index contributed by atoms with van der Waals surface area (Å²) in [6, 6.07) is 12.6. The molecule has 2 aromatic carbocycles. The van der Waals surface area contributed by atoms with Crippen LogP contribution in [-0.2, 0) is 16.1 Å². The second-order valence-electron chi connectivity index (χ2n) is 7.79. The number of aryl methyl sites for hydroxylation is 2. The molecule has 0 heterocycles. The number of hydrogen-bond acceptors (Lipinski definition) is 3. The monoisotopic (exact) mass is 430 g/mol. The number of halogens is 1. The first-order valence-corrected chi connectivity index (χ1v) is 10.6. The number of ether oxygens (including phenoxy) is 1. The van der Waals surface area contributed by atoms with Crippen LogP contribution in [0.1, 0.15) is 43.9 Å². The molecule has 2 rings (SSSR count). The third-order valence-electron chi connectivity index (χ3n) is 4.78. The molecule has 1 atom stereocenters. The van der Waals surface area contributed by atoms with Gasteiger partial charge in [0.25, 0.3) is 5.91 Å². The van der Waals surface area contributed by atoms with E-state index in [0.717, 1.165) is 16.7 Å². The highest BCUT2D eigenvalue weighted by molar-refractivity contribution is 6.31. The molecule has 5 nitrogen and oxygen atoms in total. The van der Waals surface area contributed by atoms with Crippen molar-refractivity contribution in [2.24, 2.45) is 0 Å². The highest BCUT2D eigenvalue weighted by Crippen LogP contribution is 2.21. The summed E-state index contributed by atoms with van der Waals surface area (Å²) in [6.07, 6.45) is 0.510. The lowest BCUT2D eigenvalue weighted by Gasteiger charge is -2.31. The van der Waals surface area contributed by atoms with E-state index in [0.29, 0.717) is 23.7 Å². The van der Waals surface area contributed by atoms with Gasteiger partial charge in [-0.05, 0) is 63.4 Å². The molecule has 2 aromatic rings. The van der Waals surface area contributed by atoms with Crippen molar-refractivity contribution in [3.05, 3.63) is 64.2 Å². The van der Waals surface area contributed by atoms with E-state index in [1.54, 1.807) is 23.1 Å². The number of benzene rings is 2. The zero-order valence-electron chi connectivity index (χ0n) is 18.4. The maximum atomic E-state index is 13.1. The molecule has 0 aliphatic heterocycles. The number of carbonyl (C=O) groups excluding carboxylic acids is 2. The number of amides is 2. The van der Waals surface area contributed by atoms with Crippen molar-refractivity contribution in [1.82, 2.24) is 10.2 Å². The SMILES string of the molecule is CC[C@@H](C(=O)NC(C)C)N(Cc1ccc(C)cc1)C(=O)COc1ccc(Cl)c(C)c1. The van der Waals surface area contributed by atoms with Gasteiger partial charge in [0.15, 0.2) is 6.61 Å². The largest absolute Gasteiger partial charge is 0.484 e. The number of nitrogens with zero attached hydrogens (tertiary/aromatic N) is 1. The van der Waals surface area contributed by atoms with E-state index >= 15 is 0 Å². The first kappa shape index (κ1) is 23.7. The summed E-state index contributed by atoms with van der Waals surface area (Å²) < 4.78 is 5.72. The Morgan fingerprint density at radius 1 is 1.10 bits per heavy atom. The molecule has 1 N–H and O–H groups in total. The Morgan fingerprint density at radius 2 is 1.77 bits per heavy atom. The molecule has 0 saturated heterocycles. The van der Waals surface area contributed by atoms with Gasteiger partial charge in [-0.1, -0.05) is 48.4 Å². The quantitative estimate of drug-likeness (QED) is 0.629. The van der Waals surface area contributed by atoms with E-state index in [9.17, 15) is 9.59 Å². The Bertz CT molecular complexity index is 865. The van der Waals surface area contributed by atoms with Crippen LogP contribution >= 0.6 is 11.6 Å². The fourth-order valence-electron chi connectivity index (χ4n) is 3.13. The van der Waals surface area contributed by atoms with Crippen LogP contribution in [0.15, 0.2) is 42.5 Å². The molecule has 162 valence electrons. The minimum atomic E-state index is -0.572. The van der Waals surface area contributed by atoms with Crippen LogP contribution in [0.5, 0.6) is 5.75 Å². The molecule has 0 fully saturated rings. The highest BCUT2D eigenvalue weighted by Gasteiger charge is 2.29. The van der Waals surface area contributed by atoms with Crippen LogP contribution in [0.3, 0.4) is 0 Å². The lowest BCUT2D eigenvalue weighted by Crippen LogP contribution is -2.51. The van der Waals surface area contributed by atoms with Crippen molar-refractivity contribution in [3.63, 3.8) is 0 Å². The number of rotatable bonds is 9. The average molecular weight is 431 g/mol. The molecule has 6 heteroatoms.